The highest BCUT2D eigenvalue weighted by Crippen LogP contribution is 2.32. The summed E-state index contributed by atoms with van der Waals surface area (Å²) in [6, 6.07) is 9.99. The predicted octanol–water partition coefficient (Wildman–Crippen LogP) is 3.75. The molecule has 0 unspecified atom stereocenters. The summed E-state index contributed by atoms with van der Waals surface area (Å²) in [4.78, 5) is 12.1. The van der Waals surface area contributed by atoms with Crippen molar-refractivity contribution in [2.75, 3.05) is 11.1 Å². The number of para-hydroxylation sites is 1. The van der Waals surface area contributed by atoms with Gasteiger partial charge in [-0.05, 0) is 46.3 Å². The number of benzene rings is 2. The molecule has 0 saturated carbocycles. The Labute approximate surface area is 126 Å². The lowest BCUT2D eigenvalue weighted by molar-refractivity contribution is 0.102. The second-order valence-electron chi connectivity index (χ2n) is 3.82. The van der Waals surface area contributed by atoms with E-state index in [-0.39, 0.29) is 11.7 Å². The third-order valence-corrected chi connectivity index (χ3v) is 3.63. The number of aromatic hydroxyl groups is 1. The quantitative estimate of drug-likeness (QED) is 0.544. The summed E-state index contributed by atoms with van der Waals surface area (Å²) in [6.45, 7) is 0. The van der Waals surface area contributed by atoms with Gasteiger partial charge < -0.3 is 16.2 Å². The highest BCUT2D eigenvalue weighted by Gasteiger charge is 2.13. The van der Waals surface area contributed by atoms with Crippen LogP contribution < -0.4 is 11.1 Å². The van der Waals surface area contributed by atoms with Gasteiger partial charge in [-0.25, -0.2) is 0 Å². The van der Waals surface area contributed by atoms with Crippen LogP contribution in [0.4, 0.5) is 11.4 Å². The monoisotopic (exact) mass is 384 g/mol. The fourth-order valence-electron chi connectivity index (χ4n) is 1.55. The van der Waals surface area contributed by atoms with Gasteiger partial charge in [-0.3, -0.25) is 4.79 Å². The Hall–Kier alpha value is -1.53. The topological polar surface area (TPSA) is 75.4 Å². The molecule has 0 heterocycles. The molecule has 6 heteroatoms. The first-order valence-electron chi connectivity index (χ1n) is 5.33. The van der Waals surface area contributed by atoms with E-state index in [2.05, 4.69) is 37.2 Å². The summed E-state index contributed by atoms with van der Waals surface area (Å²) in [5.41, 5.74) is 6.81. The van der Waals surface area contributed by atoms with Gasteiger partial charge in [0.05, 0.1) is 15.7 Å². The summed E-state index contributed by atoms with van der Waals surface area (Å²) in [6.07, 6.45) is 0. The second-order valence-corrected chi connectivity index (χ2v) is 5.59. The molecule has 0 aliphatic rings. The number of nitrogens with two attached hydrogens (primary N) is 1. The zero-order valence-corrected chi connectivity index (χ0v) is 12.8. The number of phenols is 1. The van der Waals surface area contributed by atoms with E-state index in [0.717, 1.165) is 4.47 Å². The van der Waals surface area contributed by atoms with Crippen LogP contribution in [0, 0.1) is 0 Å². The molecule has 4 N–H and O–H groups in total. The van der Waals surface area contributed by atoms with Crippen LogP contribution in [0.25, 0.3) is 0 Å². The summed E-state index contributed by atoms with van der Waals surface area (Å²) >= 11 is 6.46. The minimum atomic E-state index is -0.376. The maximum Gasteiger partial charge on any atom is 0.257 e. The standard InChI is InChI=1S/C13H10Br2N2O2/c14-7-4-5-8(10(16)6-7)13(19)17-11-3-1-2-9(15)12(11)18/h1-6,18H,16H2,(H,17,19). The van der Waals surface area contributed by atoms with Gasteiger partial charge >= 0.3 is 0 Å². The molecule has 0 fully saturated rings. The Bertz CT molecular complexity index is 645. The van der Waals surface area contributed by atoms with Crippen molar-refractivity contribution in [3.63, 3.8) is 0 Å². The van der Waals surface area contributed by atoms with Crippen molar-refractivity contribution >= 4 is 49.1 Å². The van der Waals surface area contributed by atoms with Gasteiger partial charge in [0, 0.05) is 10.2 Å². The van der Waals surface area contributed by atoms with Gasteiger partial charge in [0.15, 0.2) is 5.75 Å². The number of anilines is 2. The summed E-state index contributed by atoms with van der Waals surface area (Å²) in [5, 5.41) is 12.4. The van der Waals surface area contributed by atoms with Gasteiger partial charge in [0.25, 0.3) is 5.91 Å². The van der Waals surface area contributed by atoms with Crippen molar-refractivity contribution in [3.8, 4) is 5.75 Å². The van der Waals surface area contributed by atoms with Gasteiger partial charge in [-0.2, -0.15) is 0 Å². The SMILES string of the molecule is Nc1cc(Br)ccc1C(=O)Nc1cccc(Br)c1O. The van der Waals surface area contributed by atoms with Crippen LogP contribution in [0.1, 0.15) is 10.4 Å². The molecule has 0 aromatic heterocycles. The molecule has 0 radical (unpaired) electrons. The maximum atomic E-state index is 12.1. The molecule has 0 aliphatic carbocycles. The second kappa shape index (κ2) is 5.63. The average molecular weight is 386 g/mol. The lowest BCUT2D eigenvalue weighted by Crippen LogP contribution is -2.14. The number of hydrogen-bond acceptors (Lipinski definition) is 3. The Balaban J connectivity index is 2.28. The van der Waals surface area contributed by atoms with Gasteiger partial charge in [-0.1, -0.05) is 22.0 Å². The van der Waals surface area contributed by atoms with E-state index in [0.29, 0.717) is 21.4 Å². The highest BCUT2D eigenvalue weighted by molar-refractivity contribution is 9.10. The fourth-order valence-corrected chi connectivity index (χ4v) is 2.29. The largest absolute Gasteiger partial charge is 0.505 e. The minimum absolute atomic E-state index is 0.0217. The summed E-state index contributed by atoms with van der Waals surface area (Å²) in [7, 11) is 0. The van der Waals surface area contributed by atoms with E-state index in [1.807, 2.05) is 0 Å². The number of halogens is 2. The van der Waals surface area contributed by atoms with Crippen LogP contribution in [0.3, 0.4) is 0 Å². The molecule has 0 bridgehead atoms. The van der Waals surface area contributed by atoms with E-state index in [1.165, 1.54) is 0 Å². The Morgan fingerprint density at radius 1 is 1.21 bits per heavy atom. The summed E-state index contributed by atoms with van der Waals surface area (Å²) in [5.74, 6) is -0.398. The third-order valence-electron chi connectivity index (χ3n) is 2.49. The first-order chi connectivity index (χ1) is 8.99. The molecule has 98 valence electrons. The lowest BCUT2D eigenvalue weighted by Gasteiger charge is -2.10. The van der Waals surface area contributed by atoms with Crippen LogP contribution in [-0.2, 0) is 0 Å². The molecule has 0 spiro atoms. The zero-order chi connectivity index (χ0) is 14.0. The van der Waals surface area contributed by atoms with E-state index >= 15 is 0 Å². The number of carbonyl (C=O) groups excluding carboxylic acids is 1. The number of nitrogen functional groups attached to an aromatic ring is 1. The highest BCUT2D eigenvalue weighted by atomic mass is 79.9. The molecule has 0 aliphatic heterocycles. The van der Waals surface area contributed by atoms with Crippen molar-refractivity contribution in [1.29, 1.82) is 0 Å². The van der Waals surface area contributed by atoms with Crippen molar-refractivity contribution in [1.82, 2.24) is 0 Å². The number of hydrogen-bond donors (Lipinski definition) is 3. The average Bonchev–Trinajstić information content (AvgIpc) is 2.34. The summed E-state index contributed by atoms with van der Waals surface area (Å²) < 4.78 is 1.31. The van der Waals surface area contributed by atoms with Gasteiger partial charge in [0.2, 0.25) is 0 Å². The molecule has 0 saturated heterocycles. The van der Waals surface area contributed by atoms with Crippen molar-refractivity contribution in [3.05, 3.63) is 50.9 Å². The zero-order valence-electron chi connectivity index (χ0n) is 9.65. The van der Waals surface area contributed by atoms with Gasteiger partial charge in [0.1, 0.15) is 0 Å². The molecule has 2 aromatic carbocycles. The van der Waals surface area contributed by atoms with E-state index in [4.69, 9.17) is 5.73 Å². The Morgan fingerprint density at radius 3 is 2.63 bits per heavy atom. The van der Waals surface area contributed by atoms with Crippen LogP contribution in [-0.4, -0.2) is 11.0 Å². The molecule has 4 nitrogen and oxygen atoms in total. The van der Waals surface area contributed by atoms with Crippen molar-refractivity contribution < 1.29 is 9.90 Å². The first-order valence-corrected chi connectivity index (χ1v) is 6.91. The molecule has 19 heavy (non-hydrogen) atoms. The molecule has 0 atom stereocenters. The molecular weight excluding hydrogens is 376 g/mol. The van der Waals surface area contributed by atoms with E-state index in [9.17, 15) is 9.90 Å². The van der Waals surface area contributed by atoms with E-state index < -0.39 is 0 Å². The molecule has 2 rings (SSSR count). The molecule has 2 aromatic rings. The first kappa shape index (κ1) is 13.9. The third kappa shape index (κ3) is 3.08. The number of phenolic OH excluding ortho intramolecular Hbond substituents is 1. The molecular formula is C13H10Br2N2O2. The number of amides is 1. The predicted molar refractivity (Wildman–Crippen MR) is 82.3 cm³/mol. The fraction of sp³-hybridized carbons (Fsp3) is 0. The number of nitrogens with one attached hydrogen (secondary N) is 1. The minimum Gasteiger partial charge on any atom is -0.505 e. The normalized spacial score (nSPS) is 10.2. The van der Waals surface area contributed by atoms with E-state index in [1.54, 1.807) is 36.4 Å². The van der Waals surface area contributed by atoms with Gasteiger partial charge in [-0.15, -0.1) is 0 Å². The van der Waals surface area contributed by atoms with Crippen molar-refractivity contribution in [2.24, 2.45) is 0 Å². The van der Waals surface area contributed by atoms with Crippen LogP contribution in [0.15, 0.2) is 45.3 Å². The Kier molecular flexibility index (Phi) is 4.11. The van der Waals surface area contributed by atoms with Crippen LogP contribution >= 0.6 is 31.9 Å². The number of rotatable bonds is 2. The smallest absolute Gasteiger partial charge is 0.257 e. The molecule has 1 amide bonds. The number of carbonyl (C=O) groups is 1. The lowest BCUT2D eigenvalue weighted by atomic mass is 10.1. The van der Waals surface area contributed by atoms with Crippen LogP contribution in [0.5, 0.6) is 5.75 Å². The van der Waals surface area contributed by atoms with Crippen LogP contribution in [0.2, 0.25) is 0 Å². The maximum absolute atomic E-state index is 12.1. The van der Waals surface area contributed by atoms with Crippen molar-refractivity contribution in [2.45, 2.75) is 0 Å². The Morgan fingerprint density at radius 2 is 1.95 bits per heavy atom.